The average Bonchev–Trinajstić information content (AvgIpc) is 3.42. The highest BCUT2D eigenvalue weighted by Gasteiger charge is 2.20. The van der Waals surface area contributed by atoms with E-state index in [0.29, 0.717) is 22.2 Å². The van der Waals surface area contributed by atoms with Crippen LogP contribution in [0.15, 0.2) is 76.1 Å². The number of amidine groups is 1. The van der Waals surface area contributed by atoms with Crippen molar-refractivity contribution in [3.63, 3.8) is 0 Å². The average molecular weight is 407 g/mol. The lowest BCUT2D eigenvalue weighted by Crippen LogP contribution is -2.13. The number of amides is 1. The number of hydrogen-bond donors (Lipinski definition) is 1. The van der Waals surface area contributed by atoms with Crippen LogP contribution < -0.4 is 5.32 Å². The molecule has 0 aliphatic carbocycles. The van der Waals surface area contributed by atoms with Crippen molar-refractivity contribution in [2.75, 3.05) is 18.9 Å². The first-order chi connectivity index (χ1) is 14.1. The zero-order valence-corrected chi connectivity index (χ0v) is 17.0. The molecule has 0 bridgehead atoms. The minimum Gasteiger partial charge on any atom is -0.472 e. The Kier molecular flexibility index (Phi) is 6.70. The van der Waals surface area contributed by atoms with Gasteiger partial charge >= 0.3 is 0 Å². The molecule has 148 valence electrons. The van der Waals surface area contributed by atoms with E-state index in [1.807, 2.05) is 44.3 Å². The van der Waals surface area contributed by atoms with Crippen molar-refractivity contribution in [3.8, 4) is 11.3 Å². The predicted molar refractivity (Wildman–Crippen MR) is 118 cm³/mol. The first kappa shape index (κ1) is 20.2. The minimum absolute atomic E-state index is 0.294. The summed E-state index contributed by atoms with van der Waals surface area (Å²) in [5.74, 6) is 0.201. The van der Waals surface area contributed by atoms with Gasteiger partial charge in [0.2, 0.25) is 0 Å². The summed E-state index contributed by atoms with van der Waals surface area (Å²) in [6.07, 6.45) is 6.01. The smallest absolute Gasteiger partial charge is 0.260 e. The van der Waals surface area contributed by atoms with E-state index < -0.39 is 0 Å². The van der Waals surface area contributed by atoms with E-state index in [9.17, 15) is 4.79 Å². The summed E-state index contributed by atoms with van der Waals surface area (Å²) in [6.45, 7) is 6.40. The minimum atomic E-state index is -0.294. The second-order valence-electron chi connectivity index (χ2n) is 5.94. The van der Waals surface area contributed by atoms with E-state index in [1.165, 1.54) is 23.9 Å². The number of rotatable bonds is 7. The van der Waals surface area contributed by atoms with E-state index in [0.717, 1.165) is 17.0 Å². The van der Waals surface area contributed by atoms with Gasteiger partial charge in [-0.25, -0.2) is 9.98 Å². The van der Waals surface area contributed by atoms with Gasteiger partial charge in [0.15, 0.2) is 11.0 Å². The number of carbonyl (C=O) groups excluding carboxylic acids is 1. The molecule has 0 spiro atoms. The fraction of sp³-hybridized carbons (Fsp3) is 0.143. The van der Waals surface area contributed by atoms with Gasteiger partial charge in [-0.05, 0) is 13.0 Å². The zero-order valence-electron chi connectivity index (χ0n) is 16.2. The molecule has 1 aromatic carbocycles. The molecule has 8 heteroatoms. The molecular weight excluding hydrogens is 386 g/mol. The molecule has 0 aliphatic heterocycles. The first-order valence-corrected chi connectivity index (χ1v) is 9.79. The van der Waals surface area contributed by atoms with Gasteiger partial charge in [0, 0.05) is 25.4 Å². The third-order valence-corrected chi connectivity index (χ3v) is 4.87. The Morgan fingerprint density at radius 3 is 2.79 bits per heavy atom. The van der Waals surface area contributed by atoms with Gasteiger partial charge in [-0.3, -0.25) is 15.1 Å². The van der Waals surface area contributed by atoms with Crippen molar-refractivity contribution in [2.24, 2.45) is 10.1 Å². The predicted octanol–water partition coefficient (Wildman–Crippen LogP) is 4.53. The topological polar surface area (TPSA) is 83.1 Å². The highest BCUT2D eigenvalue weighted by molar-refractivity contribution is 7.18. The molecule has 2 aromatic heterocycles. The van der Waals surface area contributed by atoms with E-state index >= 15 is 0 Å². The Hall–Kier alpha value is -3.52. The van der Waals surface area contributed by atoms with Gasteiger partial charge in [0.1, 0.15) is 11.1 Å². The van der Waals surface area contributed by atoms with E-state index in [-0.39, 0.29) is 5.91 Å². The summed E-state index contributed by atoms with van der Waals surface area (Å²) in [5, 5.41) is 9.63. The molecule has 1 amide bonds. The molecule has 3 aromatic rings. The van der Waals surface area contributed by atoms with Gasteiger partial charge in [0.25, 0.3) is 5.91 Å². The van der Waals surface area contributed by atoms with Crippen LogP contribution in [-0.4, -0.2) is 41.5 Å². The van der Waals surface area contributed by atoms with Crippen LogP contribution in [-0.2, 0) is 0 Å². The maximum Gasteiger partial charge on any atom is 0.260 e. The second kappa shape index (κ2) is 9.61. The third kappa shape index (κ3) is 5.05. The molecule has 0 atom stereocenters. The summed E-state index contributed by atoms with van der Waals surface area (Å²) in [7, 11) is 1.87. The van der Waals surface area contributed by atoms with E-state index in [1.54, 1.807) is 23.4 Å². The van der Waals surface area contributed by atoms with Gasteiger partial charge in [-0.15, -0.1) is 0 Å². The summed E-state index contributed by atoms with van der Waals surface area (Å²) in [6, 6.07) is 11.3. The number of benzene rings is 1. The van der Waals surface area contributed by atoms with Crippen molar-refractivity contribution in [1.82, 2.24) is 9.99 Å². The first-order valence-electron chi connectivity index (χ1n) is 8.97. The Morgan fingerprint density at radius 2 is 2.14 bits per heavy atom. The van der Waals surface area contributed by atoms with Gasteiger partial charge < -0.3 is 4.42 Å². The summed E-state index contributed by atoms with van der Waals surface area (Å²) in [5.41, 5.74) is 2.03. The van der Waals surface area contributed by atoms with Gasteiger partial charge in [-0.1, -0.05) is 54.3 Å². The number of nitrogens with one attached hydrogen (secondary N) is 1. The number of nitrogens with zero attached hydrogens (tertiary/aromatic N) is 4. The maximum absolute atomic E-state index is 12.4. The van der Waals surface area contributed by atoms with Crippen molar-refractivity contribution < 1.29 is 9.21 Å². The number of anilines is 1. The van der Waals surface area contributed by atoms with Crippen molar-refractivity contribution in [2.45, 2.75) is 6.92 Å². The molecule has 7 nitrogen and oxygen atoms in total. The third-order valence-electron chi connectivity index (χ3n) is 3.91. The lowest BCUT2D eigenvalue weighted by Gasteiger charge is -2.11. The molecule has 0 radical (unpaired) electrons. The summed E-state index contributed by atoms with van der Waals surface area (Å²) < 4.78 is 4.98. The monoisotopic (exact) mass is 407 g/mol. The Labute approximate surface area is 173 Å². The summed E-state index contributed by atoms with van der Waals surface area (Å²) >= 11 is 1.31. The fourth-order valence-corrected chi connectivity index (χ4v) is 3.28. The number of furan rings is 1. The molecule has 1 N–H and O–H groups in total. The molecule has 0 aliphatic rings. The van der Waals surface area contributed by atoms with E-state index in [4.69, 9.17) is 4.42 Å². The highest BCUT2D eigenvalue weighted by Crippen LogP contribution is 2.32. The zero-order chi connectivity index (χ0) is 20.6. The Balaban J connectivity index is 2.06. The highest BCUT2D eigenvalue weighted by atomic mass is 32.1. The van der Waals surface area contributed by atoms with Crippen LogP contribution in [0.4, 0.5) is 5.13 Å². The number of thiazole rings is 1. The van der Waals surface area contributed by atoms with Gasteiger partial charge in [0.05, 0.1) is 17.5 Å². The van der Waals surface area contributed by atoms with Crippen molar-refractivity contribution in [3.05, 3.63) is 72.0 Å². The van der Waals surface area contributed by atoms with Crippen LogP contribution in [0.3, 0.4) is 0 Å². The van der Waals surface area contributed by atoms with Crippen molar-refractivity contribution in [1.29, 1.82) is 0 Å². The number of allylic oxidation sites excluding steroid dienone is 1. The molecule has 2 heterocycles. The molecule has 0 saturated carbocycles. The van der Waals surface area contributed by atoms with Crippen LogP contribution in [0.5, 0.6) is 0 Å². The molecular formula is C21H21N5O2S. The lowest BCUT2D eigenvalue weighted by molar-refractivity contribution is 0.102. The normalized spacial score (nSPS) is 11.6. The van der Waals surface area contributed by atoms with Gasteiger partial charge in [-0.2, -0.15) is 5.10 Å². The number of aliphatic imine (C=N–C) groups is 1. The van der Waals surface area contributed by atoms with Crippen LogP contribution in [0, 0.1) is 0 Å². The number of hydrogen-bond acceptors (Lipinski definition) is 6. The van der Waals surface area contributed by atoms with Crippen LogP contribution in [0.25, 0.3) is 11.3 Å². The Bertz CT molecular complexity index is 1020. The van der Waals surface area contributed by atoms with E-state index in [2.05, 4.69) is 27.0 Å². The largest absolute Gasteiger partial charge is 0.472 e. The quantitative estimate of drug-likeness (QED) is 0.354. The number of aromatic nitrogens is 1. The maximum atomic E-state index is 12.4. The van der Waals surface area contributed by atoms with Crippen molar-refractivity contribution >= 4 is 34.4 Å². The van der Waals surface area contributed by atoms with Crippen LogP contribution in [0.2, 0.25) is 0 Å². The molecule has 3 rings (SSSR count). The van der Waals surface area contributed by atoms with Crippen LogP contribution in [0.1, 0.15) is 22.2 Å². The molecule has 29 heavy (non-hydrogen) atoms. The SMILES string of the molecule is C=CC=N/C(=N\N(C)CC)c1sc(NC(=O)c2ccoc2)nc1-c1ccccc1. The second-order valence-corrected chi connectivity index (χ2v) is 6.94. The Morgan fingerprint density at radius 1 is 1.34 bits per heavy atom. The standard InChI is InChI=1S/C21H21N5O2S/c1-4-12-22-19(25-26(3)5-2)18-17(15-9-7-6-8-10-15)23-21(29-18)24-20(27)16-11-13-28-14-16/h4,6-14H,1,5H2,2-3H3,(H,23,24,27)/b22-12?,25-19-. The molecule has 0 unspecified atom stereocenters. The molecule has 0 saturated heterocycles. The lowest BCUT2D eigenvalue weighted by atomic mass is 10.1. The van der Waals surface area contributed by atoms with Crippen LogP contribution >= 0.6 is 11.3 Å². The number of carbonyl (C=O) groups is 1. The summed E-state index contributed by atoms with van der Waals surface area (Å²) in [4.78, 5) is 22.2. The fourth-order valence-electron chi connectivity index (χ4n) is 2.37. The number of hydrazone groups is 1. The molecule has 0 fully saturated rings.